The molecule has 0 radical (unpaired) electrons. The Balaban J connectivity index is 1.40. The number of ether oxygens (including phenoxy) is 2. The zero-order chi connectivity index (χ0) is 40.5. The minimum atomic E-state index is -0.489. The van der Waals surface area contributed by atoms with E-state index in [1.165, 1.54) is 84.0 Å². The van der Waals surface area contributed by atoms with E-state index in [9.17, 15) is 14.7 Å². The Kier molecular flexibility index (Phi) is 22.0. The van der Waals surface area contributed by atoms with Crippen molar-refractivity contribution in [3.8, 4) is 11.1 Å². The van der Waals surface area contributed by atoms with Gasteiger partial charge in [-0.2, -0.15) is 0 Å². The van der Waals surface area contributed by atoms with Crippen molar-refractivity contribution < 1.29 is 24.2 Å². The van der Waals surface area contributed by atoms with Gasteiger partial charge in [0, 0.05) is 45.0 Å². The van der Waals surface area contributed by atoms with Gasteiger partial charge in [0.05, 0.1) is 18.8 Å². The van der Waals surface area contributed by atoms with Crippen molar-refractivity contribution in [3.05, 3.63) is 95.1 Å². The first-order chi connectivity index (χ1) is 27.9. The van der Waals surface area contributed by atoms with Crippen LogP contribution < -0.4 is 10.6 Å². The van der Waals surface area contributed by atoms with Crippen molar-refractivity contribution in [1.82, 2.24) is 15.5 Å². The summed E-state index contributed by atoms with van der Waals surface area (Å²) in [6, 6.07) is 25.0. The van der Waals surface area contributed by atoms with Crippen LogP contribution in [0.3, 0.4) is 0 Å². The van der Waals surface area contributed by atoms with E-state index in [1.54, 1.807) is 0 Å². The number of carbonyl (C=O) groups is 2. The Morgan fingerprint density at radius 2 is 1.32 bits per heavy atom. The lowest BCUT2D eigenvalue weighted by molar-refractivity contribution is -0.253. The maximum Gasteiger partial charge on any atom is 0.220 e. The lowest BCUT2D eigenvalue weighted by Gasteiger charge is -2.38. The fourth-order valence-electron chi connectivity index (χ4n) is 7.68. The topological polar surface area (TPSA) is 100 Å². The number of nitrogens with one attached hydrogen (secondary N) is 2. The van der Waals surface area contributed by atoms with Crippen LogP contribution in [0, 0.1) is 0 Å². The van der Waals surface area contributed by atoms with Crippen LogP contribution in [-0.4, -0.2) is 54.1 Å². The zero-order valence-corrected chi connectivity index (χ0v) is 35.5. The SMILES string of the molecule is CCCCCCCCN(CCCCCCCC)C[C@@H]1C[C@H](c2ccc(CO)cc2)O[C@H](c2ccc(-c3cccc(CNC(=O)CCCCCNC(C)=O)c3)cc2)O1. The van der Waals surface area contributed by atoms with Crippen molar-refractivity contribution in [2.45, 2.75) is 162 Å². The van der Waals surface area contributed by atoms with Crippen molar-refractivity contribution in [3.63, 3.8) is 0 Å². The summed E-state index contributed by atoms with van der Waals surface area (Å²) in [7, 11) is 0. The number of amides is 2. The minimum Gasteiger partial charge on any atom is -0.392 e. The van der Waals surface area contributed by atoms with Gasteiger partial charge in [-0.3, -0.25) is 9.59 Å². The highest BCUT2D eigenvalue weighted by atomic mass is 16.7. The van der Waals surface area contributed by atoms with Gasteiger partial charge in [0.1, 0.15) is 0 Å². The molecule has 1 fully saturated rings. The predicted molar refractivity (Wildman–Crippen MR) is 232 cm³/mol. The highest BCUT2D eigenvalue weighted by molar-refractivity contribution is 5.76. The number of nitrogens with zero attached hydrogens (tertiary/aromatic N) is 1. The second-order valence-corrected chi connectivity index (χ2v) is 16.1. The molecule has 1 aliphatic heterocycles. The zero-order valence-electron chi connectivity index (χ0n) is 35.5. The van der Waals surface area contributed by atoms with Gasteiger partial charge in [0.15, 0.2) is 6.29 Å². The first-order valence-electron chi connectivity index (χ1n) is 22.3. The number of benzene rings is 3. The Labute approximate surface area is 344 Å². The average Bonchev–Trinajstić information content (AvgIpc) is 3.23. The fourth-order valence-corrected chi connectivity index (χ4v) is 7.68. The van der Waals surface area contributed by atoms with Crippen LogP contribution >= 0.6 is 0 Å². The molecule has 4 rings (SSSR count). The van der Waals surface area contributed by atoms with E-state index in [2.05, 4.69) is 77.9 Å². The molecule has 3 N–H and O–H groups in total. The molecule has 2 amide bonds. The van der Waals surface area contributed by atoms with E-state index in [0.29, 0.717) is 19.5 Å². The number of rotatable bonds is 28. The lowest BCUT2D eigenvalue weighted by atomic mass is 9.98. The van der Waals surface area contributed by atoms with Crippen LogP contribution in [-0.2, 0) is 32.2 Å². The molecule has 3 aromatic rings. The van der Waals surface area contributed by atoms with Crippen molar-refractivity contribution in [2.75, 3.05) is 26.2 Å². The summed E-state index contributed by atoms with van der Waals surface area (Å²) >= 11 is 0. The summed E-state index contributed by atoms with van der Waals surface area (Å²) in [6.07, 6.45) is 18.9. The maximum absolute atomic E-state index is 12.5. The molecule has 1 aliphatic rings. The summed E-state index contributed by atoms with van der Waals surface area (Å²) in [5.74, 6) is 0.0305. The highest BCUT2D eigenvalue weighted by Gasteiger charge is 2.33. The molecule has 1 saturated heterocycles. The van der Waals surface area contributed by atoms with Crippen LogP contribution in [0.15, 0.2) is 72.8 Å². The number of unbranched alkanes of at least 4 members (excludes halogenated alkanes) is 12. The third kappa shape index (κ3) is 17.9. The molecule has 314 valence electrons. The van der Waals surface area contributed by atoms with Gasteiger partial charge in [-0.15, -0.1) is 0 Å². The van der Waals surface area contributed by atoms with Crippen LogP contribution in [0.1, 0.15) is 165 Å². The summed E-state index contributed by atoms with van der Waals surface area (Å²) in [5, 5.41) is 15.5. The molecule has 0 saturated carbocycles. The van der Waals surface area contributed by atoms with Gasteiger partial charge in [0.2, 0.25) is 11.8 Å². The van der Waals surface area contributed by atoms with Gasteiger partial charge in [0.25, 0.3) is 0 Å². The van der Waals surface area contributed by atoms with Gasteiger partial charge in [-0.1, -0.05) is 151 Å². The largest absolute Gasteiger partial charge is 0.392 e. The van der Waals surface area contributed by atoms with E-state index in [-0.39, 0.29) is 30.6 Å². The molecular formula is C49H73N3O5. The number of aliphatic hydroxyl groups excluding tert-OH is 1. The fraction of sp³-hybridized carbons (Fsp3) is 0.592. The predicted octanol–water partition coefficient (Wildman–Crippen LogP) is 10.7. The summed E-state index contributed by atoms with van der Waals surface area (Å²) in [4.78, 5) is 26.2. The number of carbonyl (C=O) groups excluding carboxylic acids is 2. The number of hydrogen-bond acceptors (Lipinski definition) is 6. The first kappa shape index (κ1) is 46.1. The summed E-state index contributed by atoms with van der Waals surface area (Å²) < 4.78 is 13.6. The standard InChI is InChI=1S/C49H73N3O5/c1-4-6-8-10-12-17-32-52(33-18-13-11-9-7-5-2)37-46-35-47(43-25-23-40(38-53)24-26-43)57-49(56-46)44-29-27-42(28-30-44)45-21-19-20-41(34-45)36-51-48(55)22-15-14-16-31-50-39(3)54/h19-21,23-30,34,46-47,49,53H,4-18,22,31-33,35-38H2,1-3H3,(H,50,54)(H,51,55)/t46-,47+,49+/m0/s1. The van der Waals surface area contributed by atoms with Crippen LogP contribution in [0.25, 0.3) is 11.1 Å². The Bertz CT molecular complexity index is 1530. The Morgan fingerprint density at radius 1 is 0.684 bits per heavy atom. The monoisotopic (exact) mass is 784 g/mol. The summed E-state index contributed by atoms with van der Waals surface area (Å²) in [6.45, 7) is 10.4. The van der Waals surface area contributed by atoms with E-state index < -0.39 is 6.29 Å². The van der Waals surface area contributed by atoms with Crippen molar-refractivity contribution >= 4 is 11.8 Å². The van der Waals surface area contributed by atoms with Crippen LogP contribution in [0.4, 0.5) is 0 Å². The molecule has 3 atom stereocenters. The Morgan fingerprint density at radius 3 is 1.96 bits per heavy atom. The molecule has 0 unspecified atom stereocenters. The van der Waals surface area contributed by atoms with Crippen LogP contribution in [0.5, 0.6) is 0 Å². The molecule has 8 nitrogen and oxygen atoms in total. The second kappa shape index (κ2) is 27.2. The van der Waals surface area contributed by atoms with E-state index in [0.717, 1.165) is 78.7 Å². The average molecular weight is 784 g/mol. The molecule has 1 heterocycles. The third-order valence-electron chi connectivity index (χ3n) is 11.1. The smallest absolute Gasteiger partial charge is 0.220 e. The minimum absolute atomic E-state index is 0.0164. The second-order valence-electron chi connectivity index (χ2n) is 16.1. The lowest BCUT2D eigenvalue weighted by Crippen LogP contribution is -2.40. The number of hydrogen-bond donors (Lipinski definition) is 3. The maximum atomic E-state index is 12.5. The normalized spacial score (nSPS) is 16.8. The quantitative estimate of drug-likeness (QED) is 0.0634. The molecule has 57 heavy (non-hydrogen) atoms. The molecule has 0 bridgehead atoms. The third-order valence-corrected chi connectivity index (χ3v) is 11.1. The van der Waals surface area contributed by atoms with Gasteiger partial charge < -0.3 is 30.1 Å². The van der Waals surface area contributed by atoms with Gasteiger partial charge in [-0.25, -0.2) is 0 Å². The summed E-state index contributed by atoms with van der Waals surface area (Å²) in [5.41, 5.74) is 6.26. The highest BCUT2D eigenvalue weighted by Crippen LogP contribution is 2.39. The molecule has 0 spiro atoms. The van der Waals surface area contributed by atoms with Crippen molar-refractivity contribution in [1.29, 1.82) is 0 Å². The van der Waals surface area contributed by atoms with E-state index >= 15 is 0 Å². The first-order valence-corrected chi connectivity index (χ1v) is 22.3. The molecule has 3 aromatic carbocycles. The molecule has 0 aliphatic carbocycles. The molecular weight excluding hydrogens is 711 g/mol. The van der Waals surface area contributed by atoms with E-state index in [4.69, 9.17) is 9.47 Å². The van der Waals surface area contributed by atoms with Gasteiger partial charge >= 0.3 is 0 Å². The van der Waals surface area contributed by atoms with Crippen molar-refractivity contribution in [2.24, 2.45) is 0 Å². The number of aliphatic hydroxyl groups is 1. The van der Waals surface area contributed by atoms with E-state index in [1.807, 2.05) is 24.3 Å². The Hall–Kier alpha value is -3.56. The van der Waals surface area contributed by atoms with Crippen LogP contribution in [0.2, 0.25) is 0 Å². The molecule has 0 aromatic heterocycles. The molecule has 8 heteroatoms. The van der Waals surface area contributed by atoms with Gasteiger partial charge in [-0.05, 0) is 72.7 Å².